The molecule has 0 radical (unpaired) electrons. The summed E-state index contributed by atoms with van der Waals surface area (Å²) < 4.78 is 30.9. The molecule has 176 valence electrons. The van der Waals surface area contributed by atoms with Crippen molar-refractivity contribution >= 4 is 39.2 Å². The third kappa shape index (κ3) is 6.26. The Kier molecular flexibility index (Phi) is 7.61. The number of nitro benzene ring substituents is 1. The molecule has 1 amide bonds. The first-order chi connectivity index (χ1) is 15.7. The van der Waals surface area contributed by atoms with E-state index in [0.717, 1.165) is 16.2 Å². The van der Waals surface area contributed by atoms with Crippen molar-refractivity contribution in [1.82, 2.24) is 5.43 Å². The van der Waals surface area contributed by atoms with Crippen LogP contribution < -0.4 is 14.6 Å². The molecule has 33 heavy (non-hydrogen) atoms. The molecule has 1 heterocycles. The zero-order valence-electron chi connectivity index (χ0n) is 18.3. The van der Waals surface area contributed by atoms with Crippen LogP contribution >= 0.6 is 0 Å². The number of anilines is 2. The molecular weight excluding hydrogens is 450 g/mol. The Balaban J connectivity index is 1.78. The van der Waals surface area contributed by atoms with Crippen molar-refractivity contribution in [2.45, 2.75) is 6.92 Å². The number of ether oxygens (including phenoxy) is 1. The van der Waals surface area contributed by atoms with E-state index in [1.165, 1.54) is 18.3 Å². The standard InChI is InChI=1S/C21H25N5O6S/c1-16-5-3-4-6-19(16)25(33(2,30)31)15-21(27)23-22-14-17-13-18(26(28)29)7-8-20(17)24-9-11-32-12-10-24/h3-8,13-14H,9-12,15H2,1-2H3,(H,23,27)/b22-14+. The zero-order chi connectivity index (χ0) is 24.0. The lowest BCUT2D eigenvalue weighted by Crippen LogP contribution is -2.39. The summed E-state index contributed by atoms with van der Waals surface area (Å²) in [5.41, 5.74) is 4.47. The quantitative estimate of drug-likeness (QED) is 0.348. The molecule has 3 rings (SSSR count). The monoisotopic (exact) mass is 475 g/mol. The lowest BCUT2D eigenvalue weighted by Gasteiger charge is -2.29. The molecule has 1 aliphatic heterocycles. The summed E-state index contributed by atoms with van der Waals surface area (Å²) in [5.74, 6) is -0.654. The Morgan fingerprint density at radius 3 is 2.61 bits per heavy atom. The summed E-state index contributed by atoms with van der Waals surface area (Å²) in [5, 5.41) is 15.1. The lowest BCUT2D eigenvalue weighted by atomic mass is 10.1. The first-order valence-electron chi connectivity index (χ1n) is 10.1. The van der Waals surface area contributed by atoms with Crippen molar-refractivity contribution in [2.75, 3.05) is 48.3 Å². The highest BCUT2D eigenvalue weighted by atomic mass is 32.2. The van der Waals surface area contributed by atoms with Crippen LogP contribution in [0.15, 0.2) is 47.6 Å². The summed E-state index contributed by atoms with van der Waals surface area (Å²) in [6.07, 6.45) is 2.34. The van der Waals surface area contributed by atoms with Gasteiger partial charge in [0.15, 0.2) is 0 Å². The summed E-state index contributed by atoms with van der Waals surface area (Å²) in [4.78, 5) is 25.2. The van der Waals surface area contributed by atoms with E-state index < -0.39 is 27.4 Å². The van der Waals surface area contributed by atoms with E-state index in [-0.39, 0.29) is 5.69 Å². The molecule has 0 bridgehead atoms. The van der Waals surface area contributed by atoms with Crippen LogP contribution in [0, 0.1) is 17.0 Å². The van der Waals surface area contributed by atoms with Gasteiger partial charge in [-0.2, -0.15) is 5.10 Å². The highest BCUT2D eigenvalue weighted by Crippen LogP contribution is 2.25. The van der Waals surface area contributed by atoms with Gasteiger partial charge in [0.25, 0.3) is 11.6 Å². The van der Waals surface area contributed by atoms with Gasteiger partial charge in [-0.05, 0) is 24.6 Å². The van der Waals surface area contributed by atoms with Gasteiger partial charge in [0.05, 0.1) is 36.3 Å². The fourth-order valence-electron chi connectivity index (χ4n) is 3.42. The number of amides is 1. The number of para-hydroxylation sites is 1. The van der Waals surface area contributed by atoms with Crippen LogP contribution in [0.25, 0.3) is 0 Å². The number of aryl methyl sites for hydroxylation is 1. The Hall–Kier alpha value is -3.51. The maximum Gasteiger partial charge on any atom is 0.270 e. The van der Waals surface area contributed by atoms with Crippen LogP contribution in [-0.2, 0) is 19.6 Å². The first kappa shape index (κ1) is 24.1. The average molecular weight is 476 g/mol. The molecule has 0 atom stereocenters. The molecule has 0 unspecified atom stereocenters. The number of nitro groups is 1. The second-order valence-corrected chi connectivity index (χ2v) is 9.36. The number of hydrogen-bond acceptors (Lipinski definition) is 8. The van der Waals surface area contributed by atoms with Crippen molar-refractivity contribution in [2.24, 2.45) is 5.10 Å². The second-order valence-electron chi connectivity index (χ2n) is 7.45. The summed E-state index contributed by atoms with van der Waals surface area (Å²) in [6, 6.07) is 11.2. The van der Waals surface area contributed by atoms with E-state index in [1.54, 1.807) is 37.3 Å². The summed E-state index contributed by atoms with van der Waals surface area (Å²) >= 11 is 0. The third-order valence-electron chi connectivity index (χ3n) is 5.04. The fraction of sp³-hybridized carbons (Fsp3) is 0.333. The Morgan fingerprint density at radius 2 is 1.97 bits per heavy atom. The minimum atomic E-state index is -3.72. The van der Waals surface area contributed by atoms with Gasteiger partial charge in [0.2, 0.25) is 10.0 Å². The van der Waals surface area contributed by atoms with E-state index in [1.807, 2.05) is 4.90 Å². The molecule has 2 aromatic rings. The number of nitrogens with zero attached hydrogens (tertiary/aromatic N) is 4. The van der Waals surface area contributed by atoms with Crippen molar-refractivity contribution < 1.29 is 22.9 Å². The second kappa shape index (κ2) is 10.4. The highest BCUT2D eigenvalue weighted by Gasteiger charge is 2.22. The topological polar surface area (TPSA) is 134 Å². The molecule has 1 aliphatic rings. The van der Waals surface area contributed by atoms with E-state index in [2.05, 4.69) is 10.5 Å². The predicted molar refractivity (Wildman–Crippen MR) is 125 cm³/mol. The number of rotatable bonds is 8. The van der Waals surface area contributed by atoms with Crippen molar-refractivity contribution in [3.63, 3.8) is 0 Å². The van der Waals surface area contributed by atoms with Crippen LogP contribution in [0.1, 0.15) is 11.1 Å². The highest BCUT2D eigenvalue weighted by molar-refractivity contribution is 7.92. The number of hydrazone groups is 1. The van der Waals surface area contributed by atoms with E-state index in [4.69, 9.17) is 4.74 Å². The van der Waals surface area contributed by atoms with E-state index in [9.17, 15) is 23.3 Å². The van der Waals surface area contributed by atoms with Gasteiger partial charge in [0.1, 0.15) is 6.54 Å². The molecule has 0 saturated carbocycles. The summed E-state index contributed by atoms with van der Waals surface area (Å²) in [6.45, 7) is 3.58. The molecule has 1 fully saturated rings. The molecule has 1 N–H and O–H groups in total. The van der Waals surface area contributed by atoms with Crippen LogP contribution in [-0.4, -0.2) is 64.6 Å². The van der Waals surface area contributed by atoms with Gasteiger partial charge in [-0.15, -0.1) is 0 Å². The minimum Gasteiger partial charge on any atom is -0.378 e. The van der Waals surface area contributed by atoms with Crippen LogP contribution in [0.4, 0.5) is 17.1 Å². The van der Waals surface area contributed by atoms with Gasteiger partial charge in [-0.3, -0.25) is 19.2 Å². The number of hydrogen-bond donors (Lipinski definition) is 1. The summed E-state index contributed by atoms with van der Waals surface area (Å²) in [7, 11) is -3.72. The largest absolute Gasteiger partial charge is 0.378 e. The van der Waals surface area contributed by atoms with Gasteiger partial charge in [-0.1, -0.05) is 18.2 Å². The molecule has 1 saturated heterocycles. The molecule has 11 nitrogen and oxygen atoms in total. The SMILES string of the molecule is Cc1ccccc1N(CC(=O)N/N=C/c1cc([N+](=O)[O-])ccc1N1CCOCC1)S(C)(=O)=O. The number of morpholine rings is 1. The van der Waals surface area contributed by atoms with E-state index in [0.29, 0.717) is 43.1 Å². The van der Waals surface area contributed by atoms with Gasteiger partial charge >= 0.3 is 0 Å². The van der Waals surface area contributed by atoms with Crippen molar-refractivity contribution in [3.8, 4) is 0 Å². The Bertz CT molecular complexity index is 1160. The maximum absolute atomic E-state index is 12.5. The maximum atomic E-state index is 12.5. The molecule has 12 heteroatoms. The Morgan fingerprint density at radius 1 is 1.27 bits per heavy atom. The molecular formula is C21H25N5O6S. The number of carbonyl (C=O) groups excluding carboxylic acids is 1. The molecule has 2 aromatic carbocycles. The number of carbonyl (C=O) groups is 1. The normalized spacial score (nSPS) is 14.3. The minimum absolute atomic E-state index is 0.109. The van der Waals surface area contributed by atoms with Crippen LogP contribution in [0.3, 0.4) is 0 Å². The third-order valence-corrected chi connectivity index (χ3v) is 6.16. The van der Waals surface area contributed by atoms with Crippen molar-refractivity contribution in [3.05, 3.63) is 63.7 Å². The van der Waals surface area contributed by atoms with E-state index >= 15 is 0 Å². The molecule has 0 aromatic heterocycles. The predicted octanol–water partition coefficient (Wildman–Crippen LogP) is 1.66. The number of nitrogens with one attached hydrogen (secondary N) is 1. The lowest BCUT2D eigenvalue weighted by molar-refractivity contribution is -0.384. The molecule has 0 spiro atoms. The van der Waals surface area contributed by atoms with Gasteiger partial charge < -0.3 is 9.64 Å². The average Bonchev–Trinajstić information content (AvgIpc) is 2.78. The van der Waals surface area contributed by atoms with Gasteiger partial charge in [-0.25, -0.2) is 13.8 Å². The van der Waals surface area contributed by atoms with Crippen LogP contribution in [0.2, 0.25) is 0 Å². The van der Waals surface area contributed by atoms with Crippen LogP contribution in [0.5, 0.6) is 0 Å². The fourth-order valence-corrected chi connectivity index (χ4v) is 4.33. The number of sulfonamides is 1. The molecule has 0 aliphatic carbocycles. The smallest absolute Gasteiger partial charge is 0.270 e. The number of non-ortho nitro benzene ring substituents is 1. The van der Waals surface area contributed by atoms with Crippen molar-refractivity contribution in [1.29, 1.82) is 0 Å². The Labute approximate surface area is 191 Å². The zero-order valence-corrected chi connectivity index (χ0v) is 19.1. The number of benzene rings is 2. The van der Waals surface area contributed by atoms with Gasteiger partial charge in [0, 0.05) is 36.5 Å². The first-order valence-corrected chi connectivity index (χ1v) is 12.0.